The Balaban J connectivity index is 2.64. The fraction of sp³-hybridized carbons (Fsp3) is 0.417. The highest BCUT2D eigenvalue weighted by Crippen LogP contribution is 2.23. The molecule has 0 radical (unpaired) electrons. The first-order chi connectivity index (χ1) is 7.13. The summed E-state index contributed by atoms with van der Waals surface area (Å²) < 4.78 is 5.11. The lowest BCUT2D eigenvalue weighted by Crippen LogP contribution is -2.00. The number of hydrogen-bond donors (Lipinski definition) is 1. The van der Waals surface area contributed by atoms with Crippen molar-refractivity contribution in [2.75, 3.05) is 7.11 Å². The fourth-order valence-electron chi connectivity index (χ4n) is 1.45. The summed E-state index contributed by atoms with van der Waals surface area (Å²) >= 11 is 0. The molecular weight excluding hydrogens is 192 g/mol. The molecule has 3 heteroatoms. The number of rotatable bonds is 5. The third kappa shape index (κ3) is 3.62. The van der Waals surface area contributed by atoms with Crippen LogP contribution in [-0.4, -0.2) is 18.2 Å². The smallest absolute Gasteiger partial charge is 0.303 e. The zero-order chi connectivity index (χ0) is 11.3. The largest absolute Gasteiger partial charge is 0.497 e. The Morgan fingerprint density at radius 1 is 1.53 bits per heavy atom. The van der Waals surface area contributed by atoms with Crippen molar-refractivity contribution >= 4 is 5.97 Å². The van der Waals surface area contributed by atoms with Crippen molar-refractivity contribution in [1.82, 2.24) is 0 Å². The van der Waals surface area contributed by atoms with Crippen LogP contribution in [0.15, 0.2) is 24.3 Å². The van der Waals surface area contributed by atoms with Gasteiger partial charge in [0, 0.05) is 6.42 Å². The molecule has 1 aromatic carbocycles. The van der Waals surface area contributed by atoms with Crippen LogP contribution in [-0.2, 0) is 4.79 Å². The lowest BCUT2D eigenvalue weighted by molar-refractivity contribution is -0.137. The van der Waals surface area contributed by atoms with Crippen LogP contribution in [0.2, 0.25) is 0 Å². The Hall–Kier alpha value is -1.51. The van der Waals surface area contributed by atoms with Crippen molar-refractivity contribution in [3.63, 3.8) is 0 Å². The molecule has 0 saturated heterocycles. The monoisotopic (exact) mass is 208 g/mol. The van der Waals surface area contributed by atoms with E-state index in [1.807, 2.05) is 31.2 Å². The molecule has 1 N–H and O–H groups in total. The number of carboxylic acids is 1. The van der Waals surface area contributed by atoms with Crippen molar-refractivity contribution in [3.8, 4) is 5.75 Å². The minimum absolute atomic E-state index is 0.207. The molecule has 1 atom stereocenters. The summed E-state index contributed by atoms with van der Waals surface area (Å²) in [5.41, 5.74) is 1.12. The van der Waals surface area contributed by atoms with E-state index >= 15 is 0 Å². The van der Waals surface area contributed by atoms with Crippen molar-refractivity contribution in [1.29, 1.82) is 0 Å². The van der Waals surface area contributed by atoms with Gasteiger partial charge >= 0.3 is 5.97 Å². The Morgan fingerprint density at radius 2 is 2.27 bits per heavy atom. The van der Waals surface area contributed by atoms with Crippen LogP contribution in [0, 0.1) is 0 Å². The van der Waals surface area contributed by atoms with Crippen LogP contribution in [0.25, 0.3) is 0 Å². The second kappa shape index (κ2) is 5.39. The Kier molecular flexibility index (Phi) is 4.16. The maximum absolute atomic E-state index is 10.4. The van der Waals surface area contributed by atoms with Crippen LogP contribution in [0.5, 0.6) is 5.75 Å². The van der Waals surface area contributed by atoms with Gasteiger partial charge in [-0.25, -0.2) is 0 Å². The molecule has 0 aliphatic rings. The second-order valence-corrected chi connectivity index (χ2v) is 3.61. The molecule has 1 aromatic rings. The van der Waals surface area contributed by atoms with Gasteiger partial charge < -0.3 is 9.84 Å². The van der Waals surface area contributed by atoms with Gasteiger partial charge in [0.2, 0.25) is 0 Å². The lowest BCUT2D eigenvalue weighted by Gasteiger charge is -2.11. The topological polar surface area (TPSA) is 46.5 Å². The molecule has 0 aliphatic carbocycles. The van der Waals surface area contributed by atoms with Crippen LogP contribution in [0.3, 0.4) is 0 Å². The summed E-state index contributed by atoms with van der Waals surface area (Å²) in [5.74, 6) is 0.315. The Bertz CT molecular complexity index is 333. The number of aliphatic carboxylic acids is 1. The molecule has 0 fully saturated rings. The minimum Gasteiger partial charge on any atom is -0.497 e. The molecule has 0 saturated carbocycles. The average Bonchev–Trinajstić information content (AvgIpc) is 2.26. The zero-order valence-corrected chi connectivity index (χ0v) is 9.06. The Labute approximate surface area is 89.7 Å². The van der Waals surface area contributed by atoms with E-state index in [9.17, 15) is 4.79 Å². The highest BCUT2D eigenvalue weighted by molar-refractivity contribution is 5.66. The van der Waals surface area contributed by atoms with E-state index in [4.69, 9.17) is 9.84 Å². The first kappa shape index (κ1) is 11.6. The van der Waals surface area contributed by atoms with Gasteiger partial charge in [-0.1, -0.05) is 19.1 Å². The van der Waals surface area contributed by atoms with E-state index < -0.39 is 5.97 Å². The zero-order valence-electron chi connectivity index (χ0n) is 9.06. The SMILES string of the molecule is COc1cccc(C(C)CCC(=O)O)c1. The van der Waals surface area contributed by atoms with Crippen LogP contribution in [0.1, 0.15) is 31.2 Å². The number of carboxylic acid groups (broad SMARTS) is 1. The molecule has 0 amide bonds. The molecule has 1 rings (SSSR count). The first-order valence-electron chi connectivity index (χ1n) is 4.99. The van der Waals surface area contributed by atoms with Gasteiger partial charge in [0.1, 0.15) is 5.75 Å². The summed E-state index contributed by atoms with van der Waals surface area (Å²) in [7, 11) is 1.63. The van der Waals surface area contributed by atoms with Crippen molar-refractivity contribution in [2.24, 2.45) is 0 Å². The highest BCUT2D eigenvalue weighted by atomic mass is 16.5. The van der Waals surface area contributed by atoms with Gasteiger partial charge in [-0.2, -0.15) is 0 Å². The molecule has 3 nitrogen and oxygen atoms in total. The van der Waals surface area contributed by atoms with Gasteiger partial charge in [0.15, 0.2) is 0 Å². The molecule has 0 aliphatic heterocycles. The molecule has 82 valence electrons. The van der Waals surface area contributed by atoms with Crippen molar-refractivity contribution in [3.05, 3.63) is 29.8 Å². The van der Waals surface area contributed by atoms with E-state index in [1.165, 1.54) is 0 Å². The molecule has 0 heterocycles. The normalized spacial score (nSPS) is 12.1. The van der Waals surface area contributed by atoms with Gasteiger partial charge in [0.25, 0.3) is 0 Å². The first-order valence-corrected chi connectivity index (χ1v) is 4.99. The Morgan fingerprint density at radius 3 is 2.87 bits per heavy atom. The van der Waals surface area contributed by atoms with Gasteiger partial charge in [0.05, 0.1) is 7.11 Å². The molecule has 0 bridgehead atoms. The number of benzene rings is 1. The van der Waals surface area contributed by atoms with E-state index in [2.05, 4.69) is 0 Å². The van der Waals surface area contributed by atoms with Crippen LogP contribution < -0.4 is 4.74 Å². The fourth-order valence-corrected chi connectivity index (χ4v) is 1.45. The van der Waals surface area contributed by atoms with E-state index in [1.54, 1.807) is 7.11 Å². The third-order valence-corrected chi connectivity index (χ3v) is 2.45. The number of methoxy groups -OCH3 is 1. The predicted octanol–water partition coefficient (Wildman–Crippen LogP) is 2.66. The number of carbonyl (C=O) groups is 1. The van der Waals surface area contributed by atoms with Gasteiger partial charge in [-0.3, -0.25) is 4.79 Å². The van der Waals surface area contributed by atoms with Crippen molar-refractivity contribution in [2.45, 2.75) is 25.7 Å². The summed E-state index contributed by atoms with van der Waals surface area (Å²) in [6.45, 7) is 2.03. The molecule has 0 aromatic heterocycles. The summed E-state index contributed by atoms with van der Waals surface area (Å²) in [5, 5.41) is 8.59. The predicted molar refractivity (Wildman–Crippen MR) is 58.3 cm³/mol. The number of ether oxygens (including phenoxy) is 1. The highest BCUT2D eigenvalue weighted by Gasteiger charge is 2.08. The third-order valence-electron chi connectivity index (χ3n) is 2.45. The molecular formula is C12H16O3. The van der Waals surface area contributed by atoms with Crippen LogP contribution in [0.4, 0.5) is 0 Å². The number of hydrogen-bond acceptors (Lipinski definition) is 2. The van der Waals surface area contributed by atoms with E-state index in [-0.39, 0.29) is 12.3 Å². The summed E-state index contributed by atoms with van der Waals surface area (Å²) in [6.07, 6.45) is 0.862. The van der Waals surface area contributed by atoms with Gasteiger partial charge in [-0.05, 0) is 30.0 Å². The molecule has 1 unspecified atom stereocenters. The van der Waals surface area contributed by atoms with Gasteiger partial charge in [-0.15, -0.1) is 0 Å². The standard InChI is InChI=1S/C12H16O3/c1-9(6-7-12(13)14)10-4-3-5-11(8-10)15-2/h3-5,8-9H,6-7H2,1-2H3,(H,13,14). The van der Waals surface area contributed by atoms with E-state index in [0.717, 1.165) is 11.3 Å². The summed E-state index contributed by atoms with van der Waals surface area (Å²) in [6, 6.07) is 7.75. The maximum atomic E-state index is 10.4. The molecule has 15 heavy (non-hydrogen) atoms. The van der Waals surface area contributed by atoms with E-state index in [0.29, 0.717) is 6.42 Å². The quantitative estimate of drug-likeness (QED) is 0.809. The summed E-state index contributed by atoms with van der Waals surface area (Å²) in [4.78, 5) is 10.4. The molecule has 0 spiro atoms. The average molecular weight is 208 g/mol. The lowest BCUT2D eigenvalue weighted by atomic mass is 9.96. The maximum Gasteiger partial charge on any atom is 0.303 e. The van der Waals surface area contributed by atoms with Crippen molar-refractivity contribution < 1.29 is 14.6 Å². The minimum atomic E-state index is -0.746. The van der Waals surface area contributed by atoms with Crippen LogP contribution >= 0.6 is 0 Å². The second-order valence-electron chi connectivity index (χ2n) is 3.61.